The Labute approximate surface area is 197 Å². The van der Waals surface area contributed by atoms with Crippen molar-refractivity contribution in [1.29, 1.82) is 0 Å². The van der Waals surface area contributed by atoms with Crippen LogP contribution in [-0.2, 0) is 10.5 Å². The van der Waals surface area contributed by atoms with Gasteiger partial charge < -0.3 is 19.6 Å². The molecular weight excluding hydrogens is 438 g/mol. The SMILES string of the molecule is Cc1noc(CSc2ccccc2C(=O)NCCC(=O)N2CCN(c3ccccc3)CC2)n1. The van der Waals surface area contributed by atoms with Crippen molar-refractivity contribution in [2.75, 3.05) is 37.6 Å². The van der Waals surface area contributed by atoms with Gasteiger partial charge in [-0.25, -0.2) is 0 Å². The summed E-state index contributed by atoms with van der Waals surface area (Å²) in [6, 6.07) is 17.6. The molecule has 1 aliphatic rings. The van der Waals surface area contributed by atoms with Gasteiger partial charge in [0.15, 0.2) is 5.82 Å². The molecule has 1 saturated heterocycles. The summed E-state index contributed by atoms with van der Waals surface area (Å²) >= 11 is 1.47. The van der Waals surface area contributed by atoms with E-state index in [0.717, 1.165) is 18.0 Å². The minimum Gasteiger partial charge on any atom is -0.368 e. The van der Waals surface area contributed by atoms with Gasteiger partial charge >= 0.3 is 0 Å². The summed E-state index contributed by atoms with van der Waals surface area (Å²) in [7, 11) is 0. The molecule has 9 heteroatoms. The number of para-hydroxylation sites is 1. The fraction of sp³-hybridized carbons (Fsp3) is 0.333. The number of nitrogens with zero attached hydrogens (tertiary/aromatic N) is 4. The summed E-state index contributed by atoms with van der Waals surface area (Å²) in [6.45, 7) is 5.08. The molecular formula is C24H27N5O3S. The Bertz CT molecular complexity index is 1080. The van der Waals surface area contributed by atoms with Crippen LogP contribution >= 0.6 is 11.8 Å². The number of nitrogens with one attached hydrogen (secondary N) is 1. The van der Waals surface area contributed by atoms with Crippen molar-refractivity contribution in [2.24, 2.45) is 0 Å². The quantitative estimate of drug-likeness (QED) is 0.511. The van der Waals surface area contributed by atoms with Crippen LogP contribution in [0.15, 0.2) is 64.0 Å². The second-order valence-corrected chi connectivity index (χ2v) is 8.75. The molecule has 1 fully saturated rings. The Kier molecular flexibility index (Phi) is 7.62. The molecule has 0 saturated carbocycles. The molecule has 0 bridgehead atoms. The number of amides is 2. The van der Waals surface area contributed by atoms with Crippen molar-refractivity contribution < 1.29 is 14.1 Å². The lowest BCUT2D eigenvalue weighted by Gasteiger charge is -2.36. The van der Waals surface area contributed by atoms with E-state index < -0.39 is 0 Å². The van der Waals surface area contributed by atoms with Crippen LogP contribution in [0.1, 0.15) is 28.5 Å². The number of rotatable bonds is 8. The van der Waals surface area contributed by atoms with E-state index in [-0.39, 0.29) is 18.2 Å². The lowest BCUT2D eigenvalue weighted by atomic mass is 10.2. The zero-order valence-corrected chi connectivity index (χ0v) is 19.4. The smallest absolute Gasteiger partial charge is 0.252 e. The van der Waals surface area contributed by atoms with Gasteiger partial charge in [0.25, 0.3) is 5.91 Å². The van der Waals surface area contributed by atoms with Crippen LogP contribution < -0.4 is 10.2 Å². The molecule has 172 valence electrons. The highest BCUT2D eigenvalue weighted by molar-refractivity contribution is 7.98. The first kappa shape index (κ1) is 22.8. The number of thioether (sulfide) groups is 1. The van der Waals surface area contributed by atoms with Crippen molar-refractivity contribution >= 4 is 29.3 Å². The van der Waals surface area contributed by atoms with E-state index in [1.54, 1.807) is 13.0 Å². The molecule has 1 aliphatic heterocycles. The van der Waals surface area contributed by atoms with Crippen LogP contribution in [0.3, 0.4) is 0 Å². The molecule has 2 aromatic carbocycles. The number of benzene rings is 2. The van der Waals surface area contributed by atoms with E-state index in [1.165, 1.54) is 17.4 Å². The van der Waals surface area contributed by atoms with Gasteiger partial charge in [0.05, 0.1) is 11.3 Å². The highest BCUT2D eigenvalue weighted by atomic mass is 32.2. The van der Waals surface area contributed by atoms with Crippen LogP contribution in [0.5, 0.6) is 0 Å². The predicted molar refractivity (Wildman–Crippen MR) is 127 cm³/mol. The summed E-state index contributed by atoms with van der Waals surface area (Å²) in [4.78, 5) is 34.5. The summed E-state index contributed by atoms with van der Waals surface area (Å²) in [5.74, 6) is 1.46. The average Bonchev–Trinajstić information content (AvgIpc) is 3.28. The molecule has 8 nitrogen and oxygen atoms in total. The van der Waals surface area contributed by atoms with E-state index in [9.17, 15) is 9.59 Å². The highest BCUT2D eigenvalue weighted by Gasteiger charge is 2.21. The van der Waals surface area contributed by atoms with Crippen LogP contribution in [0.25, 0.3) is 0 Å². The maximum Gasteiger partial charge on any atom is 0.252 e. The Balaban J connectivity index is 1.23. The van der Waals surface area contributed by atoms with Gasteiger partial charge in [-0.1, -0.05) is 35.5 Å². The van der Waals surface area contributed by atoms with E-state index in [1.807, 2.05) is 41.3 Å². The second-order valence-electron chi connectivity index (χ2n) is 7.73. The van der Waals surface area contributed by atoms with Crippen LogP contribution in [0.2, 0.25) is 0 Å². The molecule has 1 N–H and O–H groups in total. The molecule has 3 aromatic rings. The van der Waals surface area contributed by atoms with E-state index in [0.29, 0.717) is 42.7 Å². The number of hydrogen-bond acceptors (Lipinski definition) is 7. The van der Waals surface area contributed by atoms with Gasteiger partial charge in [0.2, 0.25) is 11.8 Å². The Morgan fingerprint density at radius 1 is 1.03 bits per heavy atom. The zero-order valence-electron chi connectivity index (χ0n) is 18.6. The largest absolute Gasteiger partial charge is 0.368 e. The topological polar surface area (TPSA) is 91.6 Å². The first-order valence-corrected chi connectivity index (χ1v) is 12.0. The second kappa shape index (κ2) is 11.0. The Hall–Kier alpha value is -3.33. The molecule has 33 heavy (non-hydrogen) atoms. The van der Waals surface area contributed by atoms with E-state index >= 15 is 0 Å². The molecule has 4 rings (SSSR count). The average molecular weight is 466 g/mol. The van der Waals surface area contributed by atoms with Crippen LogP contribution in [0, 0.1) is 6.92 Å². The third kappa shape index (κ3) is 6.13. The summed E-state index contributed by atoms with van der Waals surface area (Å²) in [6.07, 6.45) is 0.285. The normalized spacial score (nSPS) is 13.7. The molecule has 2 heterocycles. The minimum atomic E-state index is -0.193. The summed E-state index contributed by atoms with van der Waals surface area (Å²) in [5.41, 5.74) is 1.75. The van der Waals surface area contributed by atoms with Crippen molar-refractivity contribution in [3.63, 3.8) is 0 Å². The van der Waals surface area contributed by atoms with Crippen molar-refractivity contribution in [1.82, 2.24) is 20.4 Å². The minimum absolute atomic E-state index is 0.0671. The number of anilines is 1. The number of carbonyl (C=O) groups excluding carboxylic acids is 2. The first-order chi connectivity index (χ1) is 16.1. The molecule has 0 aliphatic carbocycles. The number of piperazine rings is 1. The van der Waals surface area contributed by atoms with Gasteiger partial charge in [-0.15, -0.1) is 11.8 Å². The maximum atomic E-state index is 12.7. The van der Waals surface area contributed by atoms with E-state index in [4.69, 9.17) is 4.52 Å². The number of aromatic nitrogens is 2. The molecule has 0 spiro atoms. The third-order valence-electron chi connectivity index (χ3n) is 5.43. The van der Waals surface area contributed by atoms with E-state index in [2.05, 4.69) is 32.5 Å². The van der Waals surface area contributed by atoms with Crippen LogP contribution in [0.4, 0.5) is 5.69 Å². The molecule has 2 amide bonds. The van der Waals surface area contributed by atoms with Gasteiger partial charge in [-0.05, 0) is 31.2 Å². The number of carbonyl (C=O) groups is 2. The van der Waals surface area contributed by atoms with Crippen LogP contribution in [-0.4, -0.2) is 59.6 Å². The van der Waals surface area contributed by atoms with Gasteiger partial charge in [0, 0.05) is 49.7 Å². The fourth-order valence-electron chi connectivity index (χ4n) is 3.71. The highest BCUT2D eigenvalue weighted by Crippen LogP contribution is 2.25. The van der Waals surface area contributed by atoms with Gasteiger partial charge in [-0.2, -0.15) is 4.98 Å². The fourth-order valence-corrected chi connectivity index (χ4v) is 4.59. The lowest BCUT2D eigenvalue weighted by Crippen LogP contribution is -2.49. The third-order valence-corrected chi connectivity index (χ3v) is 6.49. The maximum absolute atomic E-state index is 12.7. The summed E-state index contributed by atoms with van der Waals surface area (Å²) in [5, 5.41) is 6.67. The number of hydrogen-bond donors (Lipinski definition) is 1. The van der Waals surface area contributed by atoms with Crippen molar-refractivity contribution in [3.05, 3.63) is 71.9 Å². The summed E-state index contributed by atoms with van der Waals surface area (Å²) < 4.78 is 5.14. The van der Waals surface area contributed by atoms with Crippen molar-refractivity contribution in [2.45, 2.75) is 24.0 Å². The molecule has 1 aromatic heterocycles. The molecule has 0 unspecified atom stereocenters. The number of aryl methyl sites for hydroxylation is 1. The monoisotopic (exact) mass is 465 g/mol. The van der Waals surface area contributed by atoms with Crippen molar-refractivity contribution in [3.8, 4) is 0 Å². The van der Waals surface area contributed by atoms with Gasteiger partial charge in [0.1, 0.15) is 0 Å². The predicted octanol–water partition coefficient (Wildman–Crippen LogP) is 3.14. The zero-order chi connectivity index (χ0) is 23.0. The molecule has 0 radical (unpaired) electrons. The molecule has 0 atom stereocenters. The first-order valence-electron chi connectivity index (χ1n) is 11.0. The lowest BCUT2D eigenvalue weighted by molar-refractivity contribution is -0.131. The van der Waals surface area contributed by atoms with Gasteiger partial charge in [-0.3, -0.25) is 9.59 Å². The standard InChI is InChI=1S/C24H27N5O3S/c1-18-26-22(32-27-18)17-33-21-10-6-5-9-20(21)24(31)25-12-11-23(30)29-15-13-28(14-16-29)19-7-3-2-4-8-19/h2-10H,11-17H2,1H3,(H,25,31). The Morgan fingerprint density at radius 3 is 2.48 bits per heavy atom. The Morgan fingerprint density at radius 2 is 1.76 bits per heavy atom.